The second-order valence-electron chi connectivity index (χ2n) is 7.03. The van der Waals surface area contributed by atoms with Gasteiger partial charge < -0.3 is 14.6 Å². The van der Waals surface area contributed by atoms with Gasteiger partial charge in [0, 0.05) is 38.1 Å². The Labute approximate surface area is 144 Å². The van der Waals surface area contributed by atoms with Gasteiger partial charge in [0.15, 0.2) is 0 Å². The van der Waals surface area contributed by atoms with Crippen molar-refractivity contribution in [2.45, 2.75) is 63.6 Å². The summed E-state index contributed by atoms with van der Waals surface area (Å²) in [5.41, 5.74) is -0.329. The maximum atomic E-state index is 13.3. The first-order chi connectivity index (χ1) is 11.7. The topological polar surface area (TPSA) is 59.4 Å². The number of imidazole rings is 1. The van der Waals surface area contributed by atoms with Crippen LogP contribution in [0, 0.1) is 0 Å². The Morgan fingerprint density at radius 2 is 2.04 bits per heavy atom. The van der Waals surface area contributed by atoms with E-state index >= 15 is 0 Å². The Morgan fingerprint density at radius 3 is 2.67 bits per heavy atom. The average molecular weight is 334 g/mol. The molecule has 0 radical (unpaired) electrons. The van der Waals surface area contributed by atoms with Crippen molar-refractivity contribution in [3.05, 3.63) is 18.7 Å². The monoisotopic (exact) mass is 334 g/mol. The molecule has 2 aliphatic rings. The van der Waals surface area contributed by atoms with Gasteiger partial charge in [0.05, 0.1) is 19.5 Å². The highest BCUT2D eigenvalue weighted by atomic mass is 16.5. The summed E-state index contributed by atoms with van der Waals surface area (Å²) in [4.78, 5) is 19.8. The van der Waals surface area contributed by atoms with Gasteiger partial charge in [-0.1, -0.05) is 26.2 Å². The van der Waals surface area contributed by atoms with Crippen LogP contribution in [0.5, 0.6) is 0 Å². The zero-order chi connectivity index (χ0) is 16.8. The van der Waals surface area contributed by atoms with Crippen LogP contribution in [0.15, 0.2) is 18.7 Å². The summed E-state index contributed by atoms with van der Waals surface area (Å²) in [6, 6.07) is 0.145. The molecule has 1 aromatic heterocycles. The SMILES string of the molecule is CC[C@H](Cn1ccnc1)NC(=O)C1(N2CCOCC2)CCCCC1. The standard InChI is InChI=1S/C18H30N4O2/c1-2-16(14-21-9-8-19-15-21)20-17(23)18(6-4-3-5-7-18)22-10-12-24-13-11-22/h8-9,15-16H,2-7,10-14H2,1H3,(H,20,23)/t16-/m1/s1. The molecule has 1 aliphatic heterocycles. The van der Waals surface area contributed by atoms with Crippen LogP contribution in [0.3, 0.4) is 0 Å². The summed E-state index contributed by atoms with van der Waals surface area (Å²) < 4.78 is 7.54. The van der Waals surface area contributed by atoms with E-state index in [2.05, 4.69) is 22.1 Å². The molecule has 0 aromatic carbocycles. The lowest BCUT2D eigenvalue weighted by atomic mass is 9.79. The lowest BCUT2D eigenvalue weighted by molar-refractivity contribution is -0.141. The van der Waals surface area contributed by atoms with Gasteiger partial charge in [-0.3, -0.25) is 9.69 Å². The van der Waals surface area contributed by atoms with E-state index in [9.17, 15) is 4.79 Å². The third-order valence-corrected chi connectivity index (χ3v) is 5.54. The molecule has 134 valence electrons. The molecule has 1 saturated heterocycles. The third kappa shape index (κ3) is 3.81. The Balaban J connectivity index is 1.70. The maximum Gasteiger partial charge on any atom is 0.240 e. The molecule has 1 atom stereocenters. The number of hydrogen-bond donors (Lipinski definition) is 1. The predicted molar refractivity (Wildman–Crippen MR) is 92.7 cm³/mol. The minimum absolute atomic E-state index is 0.145. The van der Waals surface area contributed by atoms with Crippen molar-refractivity contribution in [3.8, 4) is 0 Å². The molecule has 2 heterocycles. The van der Waals surface area contributed by atoms with Crippen LogP contribution < -0.4 is 5.32 Å². The first-order valence-corrected chi connectivity index (χ1v) is 9.34. The summed E-state index contributed by atoms with van der Waals surface area (Å²) >= 11 is 0. The lowest BCUT2D eigenvalue weighted by Gasteiger charge is -2.47. The van der Waals surface area contributed by atoms with E-state index in [1.54, 1.807) is 6.20 Å². The quantitative estimate of drug-likeness (QED) is 0.862. The van der Waals surface area contributed by atoms with Gasteiger partial charge in [-0.2, -0.15) is 0 Å². The molecule has 1 aliphatic carbocycles. The fourth-order valence-corrected chi connectivity index (χ4v) is 4.06. The zero-order valence-electron chi connectivity index (χ0n) is 14.7. The number of amides is 1. The Hall–Kier alpha value is -1.40. The summed E-state index contributed by atoms with van der Waals surface area (Å²) in [6.07, 6.45) is 11.9. The van der Waals surface area contributed by atoms with Crippen LogP contribution >= 0.6 is 0 Å². The summed E-state index contributed by atoms with van der Waals surface area (Å²) in [5.74, 6) is 0.219. The predicted octanol–water partition coefficient (Wildman–Crippen LogP) is 1.81. The van der Waals surface area contributed by atoms with E-state index in [1.807, 2.05) is 17.1 Å². The van der Waals surface area contributed by atoms with Crippen molar-refractivity contribution in [3.63, 3.8) is 0 Å². The van der Waals surface area contributed by atoms with Crippen LogP contribution in [0.2, 0.25) is 0 Å². The lowest BCUT2D eigenvalue weighted by Crippen LogP contribution is -2.63. The van der Waals surface area contributed by atoms with Crippen LogP contribution in [0.25, 0.3) is 0 Å². The average Bonchev–Trinajstić information content (AvgIpc) is 3.15. The highest BCUT2D eigenvalue weighted by Crippen LogP contribution is 2.34. The second kappa shape index (κ2) is 8.12. The molecule has 0 bridgehead atoms. The van der Waals surface area contributed by atoms with Crippen molar-refractivity contribution in [2.75, 3.05) is 26.3 Å². The summed E-state index contributed by atoms with van der Waals surface area (Å²) in [6.45, 7) is 6.12. The van der Waals surface area contributed by atoms with Gasteiger partial charge in [-0.05, 0) is 19.3 Å². The van der Waals surface area contributed by atoms with Crippen molar-refractivity contribution >= 4 is 5.91 Å². The smallest absolute Gasteiger partial charge is 0.240 e. The highest BCUT2D eigenvalue weighted by molar-refractivity contribution is 5.86. The zero-order valence-corrected chi connectivity index (χ0v) is 14.7. The maximum absolute atomic E-state index is 13.3. The van der Waals surface area contributed by atoms with Crippen molar-refractivity contribution in [2.24, 2.45) is 0 Å². The van der Waals surface area contributed by atoms with Crippen LogP contribution in [0.1, 0.15) is 45.4 Å². The van der Waals surface area contributed by atoms with Gasteiger partial charge in [-0.15, -0.1) is 0 Å². The molecule has 6 heteroatoms. The Morgan fingerprint density at radius 1 is 1.29 bits per heavy atom. The minimum Gasteiger partial charge on any atom is -0.379 e. The number of carbonyl (C=O) groups excluding carboxylic acids is 1. The van der Waals surface area contributed by atoms with E-state index in [-0.39, 0.29) is 17.5 Å². The molecule has 1 amide bonds. The molecular weight excluding hydrogens is 304 g/mol. The van der Waals surface area contributed by atoms with E-state index in [0.717, 1.165) is 65.0 Å². The molecule has 2 fully saturated rings. The second-order valence-corrected chi connectivity index (χ2v) is 7.03. The number of rotatable bonds is 6. The van der Waals surface area contributed by atoms with Crippen molar-refractivity contribution in [1.82, 2.24) is 19.8 Å². The first kappa shape index (κ1) is 17.4. The van der Waals surface area contributed by atoms with Gasteiger partial charge in [0.1, 0.15) is 5.54 Å². The number of nitrogens with one attached hydrogen (secondary N) is 1. The van der Waals surface area contributed by atoms with Gasteiger partial charge >= 0.3 is 0 Å². The minimum atomic E-state index is -0.329. The first-order valence-electron chi connectivity index (χ1n) is 9.34. The molecule has 1 N–H and O–H groups in total. The molecule has 1 saturated carbocycles. The van der Waals surface area contributed by atoms with Gasteiger partial charge in [0.2, 0.25) is 5.91 Å². The molecule has 0 spiro atoms. The number of nitrogens with zero attached hydrogens (tertiary/aromatic N) is 3. The van der Waals surface area contributed by atoms with E-state index in [4.69, 9.17) is 4.74 Å². The fourth-order valence-electron chi connectivity index (χ4n) is 4.06. The molecule has 3 rings (SSSR count). The molecule has 1 aromatic rings. The normalized spacial score (nSPS) is 22.9. The van der Waals surface area contributed by atoms with Crippen LogP contribution in [-0.4, -0.2) is 58.2 Å². The summed E-state index contributed by atoms with van der Waals surface area (Å²) in [7, 11) is 0. The fraction of sp³-hybridized carbons (Fsp3) is 0.778. The number of ether oxygens (including phenoxy) is 1. The Kier molecular flexibility index (Phi) is 5.89. The van der Waals surface area contributed by atoms with Crippen molar-refractivity contribution < 1.29 is 9.53 Å². The Bertz CT molecular complexity index is 505. The number of morpholine rings is 1. The van der Waals surface area contributed by atoms with Crippen LogP contribution in [-0.2, 0) is 16.1 Å². The van der Waals surface area contributed by atoms with Gasteiger partial charge in [-0.25, -0.2) is 4.98 Å². The summed E-state index contributed by atoms with van der Waals surface area (Å²) in [5, 5.41) is 3.34. The molecule has 24 heavy (non-hydrogen) atoms. The van der Waals surface area contributed by atoms with E-state index < -0.39 is 0 Å². The van der Waals surface area contributed by atoms with Gasteiger partial charge in [0.25, 0.3) is 0 Å². The largest absolute Gasteiger partial charge is 0.379 e. The third-order valence-electron chi connectivity index (χ3n) is 5.54. The number of hydrogen-bond acceptors (Lipinski definition) is 4. The number of carbonyl (C=O) groups is 1. The van der Waals surface area contributed by atoms with E-state index in [0.29, 0.717) is 0 Å². The molecule has 0 unspecified atom stereocenters. The van der Waals surface area contributed by atoms with Crippen LogP contribution in [0.4, 0.5) is 0 Å². The molecule has 6 nitrogen and oxygen atoms in total. The number of aromatic nitrogens is 2. The highest BCUT2D eigenvalue weighted by Gasteiger charge is 2.45. The van der Waals surface area contributed by atoms with Crippen molar-refractivity contribution in [1.29, 1.82) is 0 Å². The molecular formula is C18H30N4O2. The van der Waals surface area contributed by atoms with E-state index in [1.165, 1.54) is 6.42 Å².